The van der Waals surface area contributed by atoms with Gasteiger partial charge in [0.25, 0.3) is 0 Å². The van der Waals surface area contributed by atoms with Crippen molar-refractivity contribution in [2.24, 2.45) is 0 Å². The fourth-order valence-electron chi connectivity index (χ4n) is 1.26. The van der Waals surface area contributed by atoms with Gasteiger partial charge < -0.3 is 0 Å². The third kappa shape index (κ3) is 4.30. The molecule has 0 fully saturated rings. The zero-order chi connectivity index (χ0) is 9.52. The van der Waals surface area contributed by atoms with E-state index in [0.717, 1.165) is 30.7 Å². The van der Waals surface area contributed by atoms with Gasteiger partial charge in [0, 0.05) is 5.02 Å². The molecule has 1 radical (unpaired) electrons. The Morgan fingerprint density at radius 3 is 2.31 bits per heavy atom. The summed E-state index contributed by atoms with van der Waals surface area (Å²) in [6.07, 6.45) is 3.99. The van der Waals surface area contributed by atoms with Crippen molar-refractivity contribution in [3.63, 3.8) is 0 Å². The second-order valence-corrected chi connectivity index (χ2v) is 3.58. The summed E-state index contributed by atoms with van der Waals surface area (Å²) in [7, 11) is 0. The zero-order valence-electron chi connectivity index (χ0n) is 7.63. The van der Waals surface area contributed by atoms with Crippen LogP contribution in [0.3, 0.4) is 0 Å². The smallest absolute Gasteiger partial charge is 0.0822 e. The van der Waals surface area contributed by atoms with Crippen molar-refractivity contribution in [1.29, 1.82) is 0 Å². The zero-order valence-corrected chi connectivity index (χ0v) is 8.39. The van der Waals surface area contributed by atoms with E-state index in [-0.39, 0.29) is 6.61 Å². The highest BCUT2D eigenvalue weighted by atomic mass is 35.5. The van der Waals surface area contributed by atoms with Crippen LogP contribution in [0.15, 0.2) is 24.3 Å². The molecule has 0 spiro atoms. The van der Waals surface area contributed by atoms with E-state index in [0.29, 0.717) is 0 Å². The second kappa shape index (κ2) is 6.01. The third-order valence-corrected chi connectivity index (χ3v) is 2.28. The molecule has 2 heteroatoms. The Hall–Kier alpha value is -0.530. The molecular formula is C11H14ClO. The van der Waals surface area contributed by atoms with Gasteiger partial charge in [-0.1, -0.05) is 30.2 Å². The van der Waals surface area contributed by atoms with Crippen LogP contribution >= 0.6 is 11.6 Å². The SMILES string of the molecule is [O]CCCCCc1ccc(Cl)cc1. The summed E-state index contributed by atoms with van der Waals surface area (Å²) in [5.74, 6) is 0. The van der Waals surface area contributed by atoms with Crippen molar-refractivity contribution in [3.05, 3.63) is 34.9 Å². The lowest BCUT2D eigenvalue weighted by molar-refractivity contribution is 0.186. The molecule has 0 amide bonds. The van der Waals surface area contributed by atoms with E-state index >= 15 is 0 Å². The van der Waals surface area contributed by atoms with Crippen LogP contribution < -0.4 is 0 Å². The molecule has 0 saturated carbocycles. The first kappa shape index (κ1) is 10.6. The highest BCUT2D eigenvalue weighted by Gasteiger charge is 1.93. The predicted octanol–water partition coefficient (Wildman–Crippen LogP) is 3.48. The van der Waals surface area contributed by atoms with Crippen molar-refractivity contribution < 1.29 is 5.11 Å². The van der Waals surface area contributed by atoms with Crippen LogP contribution in [-0.4, -0.2) is 6.61 Å². The molecule has 0 heterocycles. The lowest BCUT2D eigenvalue weighted by atomic mass is 10.1. The molecule has 1 aromatic carbocycles. The molecule has 1 rings (SSSR count). The summed E-state index contributed by atoms with van der Waals surface area (Å²) in [6.45, 7) is 0.0562. The highest BCUT2D eigenvalue weighted by Crippen LogP contribution is 2.11. The average molecular weight is 198 g/mol. The summed E-state index contributed by atoms with van der Waals surface area (Å²) in [4.78, 5) is 0. The van der Waals surface area contributed by atoms with Crippen molar-refractivity contribution in [2.75, 3.05) is 6.61 Å². The molecule has 0 N–H and O–H groups in total. The van der Waals surface area contributed by atoms with Crippen LogP contribution in [0.2, 0.25) is 5.02 Å². The Morgan fingerprint density at radius 1 is 1.00 bits per heavy atom. The lowest BCUT2D eigenvalue weighted by Gasteiger charge is -2.00. The molecule has 0 saturated heterocycles. The molecule has 0 bridgehead atoms. The first-order chi connectivity index (χ1) is 6.33. The van der Waals surface area contributed by atoms with Gasteiger partial charge in [-0.2, -0.15) is 0 Å². The van der Waals surface area contributed by atoms with Crippen LogP contribution in [0.25, 0.3) is 0 Å². The summed E-state index contributed by atoms with van der Waals surface area (Å²) in [6, 6.07) is 7.90. The predicted molar refractivity (Wildman–Crippen MR) is 54.6 cm³/mol. The molecule has 0 unspecified atom stereocenters. The highest BCUT2D eigenvalue weighted by molar-refractivity contribution is 6.30. The number of hydrogen-bond acceptors (Lipinski definition) is 0. The normalized spacial score (nSPS) is 10.3. The minimum Gasteiger partial charge on any atom is -0.237 e. The van der Waals surface area contributed by atoms with Crippen LogP contribution in [-0.2, 0) is 11.5 Å². The Bertz CT molecular complexity index is 230. The summed E-state index contributed by atoms with van der Waals surface area (Å²) >= 11 is 5.75. The van der Waals surface area contributed by atoms with Crippen molar-refractivity contribution >= 4 is 11.6 Å². The van der Waals surface area contributed by atoms with Gasteiger partial charge in [0.2, 0.25) is 0 Å². The molecule has 0 aliphatic heterocycles. The van der Waals surface area contributed by atoms with Crippen LogP contribution in [0.5, 0.6) is 0 Å². The number of aryl methyl sites for hydroxylation is 1. The third-order valence-electron chi connectivity index (χ3n) is 2.02. The number of unbranched alkanes of at least 4 members (excludes halogenated alkanes) is 2. The minimum atomic E-state index is 0.0562. The van der Waals surface area contributed by atoms with Gasteiger partial charge in [0.1, 0.15) is 0 Å². The average Bonchev–Trinajstić information content (AvgIpc) is 2.15. The summed E-state index contributed by atoms with van der Waals surface area (Å²) in [5.41, 5.74) is 1.30. The van der Waals surface area contributed by atoms with E-state index in [2.05, 4.69) is 0 Å². The van der Waals surface area contributed by atoms with Gasteiger partial charge in [-0.15, -0.1) is 0 Å². The molecule has 71 valence electrons. The Kier molecular flexibility index (Phi) is 4.87. The first-order valence-electron chi connectivity index (χ1n) is 4.65. The molecule has 0 aliphatic rings. The van der Waals surface area contributed by atoms with Gasteiger partial charge in [-0.3, -0.25) is 0 Å². The van der Waals surface area contributed by atoms with Gasteiger partial charge in [-0.05, 0) is 37.0 Å². The number of halogens is 1. The standard InChI is InChI=1S/C11H14ClO/c12-11-7-5-10(6-8-11)4-2-1-3-9-13/h5-8H,1-4,9H2. The quantitative estimate of drug-likeness (QED) is 0.645. The maximum Gasteiger partial charge on any atom is 0.0822 e. The molecule has 0 aliphatic carbocycles. The summed E-state index contributed by atoms with van der Waals surface area (Å²) < 4.78 is 0. The van der Waals surface area contributed by atoms with Gasteiger partial charge >= 0.3 is 0 Å². The molecule has 0 aromatic heterocycles. The first-order valence-corrected chi connectivity index (χ1v) is 5.03. The van der Waals surface area contributed by atoms with E-state index < -0.39 is 0 Å². The van der Waals surface area contributed by atoms with Crippen LogP contribution in [0, 0.1) is 0 Å². The monoisotopic (exact) mass is 197 g/mol. The fourth-order valence-corrected chi connectivity index (χ4v) is 1.39. The Morgan fingerprint density at radius 2 is 1.69 bits per heavy atom. The maximum absolute atomic E-state index is 10.2. The topological polar surface area (TPSA) is 19.9 Å². The summed E-state index contributed by atoms with van der Waals surface area (Å²) in [5, 5.41) is 10.9. The fraction of sp³-hybridized carbons (Fsp3) is 0.455. The van der Waals surface area contributed by atoms with Gasteiger partial charge in [0.15, 0.2) is 0 Å². The van der Waals surface area contributed by atoms with Gasteiger partial charge in [0.05, 0.1) is 6.61 Å². The van der Waals surface area contributed by atoms with Crippen molar-refractivity contribution in [1.82, 2.24) is 0 Å². The molecular weight excluding hydrogens is 184 g/mol. The molecule has 1 aromatic rings. The van der Waals surface area contributed by atoms with E-state index in [1.165, 1.54) is 5.56 Å². The van der Waals surface area contributed by atoms with E-state index in [9.17, 15) is 5.11 Å². The molecule has 0 atom stereocenters. The van der Waals surface area contributed by atoms with E-state index in [1.54, 1.807) is 0 Å². The van der Waals surface area contributed by atoms with Crippen molar-refractivity contribution in [3.8, 4) is 0 Å². The number of hydrogen-bond donors (Lipinski definition) is 0. The minimum absolute atomic E-state index is 0.0562. The van der Waals surface area contributed by atoms with E-state index in [1.807, 2.05) is 24.3 Å². The van der Waals surface area contributed by atoms with Crippen molar-refractivity contribution in [2.45, 2.75) is 25.7 Å². The molecule has 1 nitrogen and oxygen atoms in total. The maximum atomic E-state index is 10.2. The second-order valence-electron chi connectivity index (χ2n) is 3.14. The van der Waals surface area contributed by atoms with E-state index in [4.69, 9.17) is 11.6 Å². The lowest BCUT2D eigenvalue weighted by Crippen LogP contribution is -1.87. The Balaban J connectivity index is 2.25. The largest absolute Gasteiger partial charge is 0.237 e. The number of rotatable bonds is 5. The Labute approximate surface area is 84.4 Å². The van der Waals surface area contributed by atoms with Crippen LogP contribution in [0.4, 0.5) is 0 Å². The molecule has 13 heavy (non-hydrogen) atoms. The number of benzene rings is 1. The van der Waals surface area contributed by atoms with Crippen LogP contribution in [0.1, 0.15) is 24.8 Å². The van der Waals surface area contributed by atoms with Gasteiger partial charge in [-0.25, -0.2) is 5.11 Å².